The van der Waals surface area contributed by atoms with Crippen LogP contribution < -0.4 is 0 Å². The number of hydrogen-bond acceptors (Lipinski definition) is 1. The van der Waals surface area contributed by atoms with Crippen LogP contribution in [0.1, 0.15) is 75.2 Å². The van der Waals surface area contributed by atoms with Crippen LogP contribution in [0, 0.1) is 0 Å². The maximum absolute atomic E-state index is 12.3. The van der Waals surface area contributed by atoms with Gasteiger partial charge in [-0.2, -0.15) is 13.2 Å². The molecule has 0 aliphatic rings. The summed E-state index contributed by atoms with van der Waals surface area (Å²) in [5, 5.41) is 9.21. The molecule has 124 valence electrons. The van der Waals surface area contributed by atoms with Crippen LogP contribution in [0.3, 0.4) is 0 Å². The molecule has 0 saturated carbocycles. The second-order valence-electron chi connectivity index (χ2n) is 3.26. The average Bonchev–Trinajstić information content (AvgIpc) is 2.42. The molecule has 20 heavy (non-hydrogen) atoms. The van der Waals surface area contributed by atoms with E-state index in [1.54, 1.807) is 19.9 Å². The van der Waals surface area contributed by atoms with Gasteiger partial charge in [0.25, 0.3) is 0 Å². The average molecular weight is 298 g/mol. The molecule has 0 rings (SSSR count). The second-order valence-corrected chi connectivity index (χ2v) is 3.26. The molecule has 0 atom stereocenters. The normalized spacial score (nSPS) is 10.4. The van der Waals surface area contributed by atoms with E-state index < -0.39 is 17.5 Å². The van der Waals surface area contributed by atoms with E-state index in [0.717, 1.165) is 5.57 Å². The highest BCUT2D eigenvalue weighted by Gasteiger charge is 2.34. The van der Waals surface area contributed by atoms with Crippen molar-refractivity contribution in [3.05, 3.63) is 23.0 Å². The topological polar surface area (TPSA) is 20.2 Å². The first kappa shape index (κ1) is 27.4. The lowest BCUT2D eigenvalue weighted by atomic mass is 10.1. The van der Waals surface area contributed by atoms with Gasteiger partial charge >= 0.3 is 6.18 Å². The number of rotatable bonds is 3. The number of hydrogen-bond donors (Lipinski definition) is 1. The Kier molecular flexibility index (Phi) is 24.8. The maximum atomic E-state index is 12.3. The van der Waals surface area contributed by atoms with E-state index >= 15 is 0 Å². The molecule has 0 bridgehead atoms. The van der Waals surface area contributed by atoms with Crippen LogP contribution in [-0.2, 0) is 0 Å². The molecule has 0 aromatic rings. The van der Waals surface area contributed by atoms with Crippen molar-refractivity contribution in [2.75, 3.05) is 0 Å². The second kappa shape index (κ2) is 18.1. The SMILES string of the molecule is CC.CC.CC.CC/C(=C(/O)CC=C(C)C)C(F)(F)F. The largest absolute Gasteiger partial charge is 0.512 e. The highest BCUT2D eigenvalue weighted by Crippen LogP contribution is 2.30. The Morgan fingerprint density at radius 2 is 1.30 bits per heavy atom. The fourth-order valence-corrected chi connectivity index (χ4v) is 0.992. The van der Waals surface area contributed by atoms with Gasteiger partial charge in [0.05, 0.1) is 5.57 Å². The van der Waals surface area contributed by atoms with Crippen molar-refractivity contribution in [2.24, 2.45) is 0 Å². The molecule has 0 radical (unpaired) electrons. The third-order valence-electron chi connectivity index (χ3n) is 1.75. The van der Waals surface area contributed by atoms with Crippen molar-refractivity contribution in [3.8, 4) is 0 Å². The van der Waals surface area contributed by atoms with Crippen molar-refractivity contribution >= 4 is 0 Å². The monoisotopic (exact) mass is 298 g/mol. The van der Waals surface area contributed by atoms with Gasteiger partial charge < -0.3 is 5.11 Å². The van der Waals surface area contributed by atoms with E-state index in [0.29, 0.717) is 0 Å². The summed E-state index contributed by atoms with van der Waals surface area (Å²) in [6.07, 6.45) is -3.11. The van der Waals surface area contributed by atoms with Gasteiger partial charge in [0.2, 0.25) is 0 Å². The Morgan fingerprint density at radius 1 is 0.950 bits per heavy atom. The molecule has 0 amide bonds. The Morgan fingerprint density at radius 3 is 1.50 bits per heavy atom. The summed E-state index contributed by atoms with van der Waals surface area (Å²) in [5.41, 5.74) is 0.0455. The molecule has 1 nitrogen and oxygen atoms in total. The fourth-order valence-electron chi connectivity index (χ4n) is 0.992. The summed E-state index contributed by atoms with van der Waals surface area (Å²) in [6.45, 7) is 16.9. The molecule has 0 aromatic heterocycles. The zero-order valence-corrected chi connectivity index (χ0v) is 14.6. The predicted molar refractivity (Wildman–Crippen MR) is 84.1 cm³/mol. The van der Waals surface area contributed by atoms with Crippen LogP contribution in [0.5, 0.6) is 0 Å². The quantitative estimate of drug-likeness (QED) is 0.431. The van der Waals surface area contributed by atoms with Gasteiger partial charge in [0.1, 0.15) is 5.76 Å². The number of aliphatic hydroxyl groups is 1. The molecule has 0 heterocycles. The highest BCUT2D eigenvalue weighted by atomic mass is 19.4. The molecule has 0 unspecified atom stereocenters. The van der Waals surface area contributed by atoms with E-state index in [4.69, 9.17) is 0 Å². The summed E-state index contributed by atoms with van der Waals surface area (Å²) in [5.74, 6) is -0.582. The van der Waals surface area contributed by atoms with Gasteiger partial charge in [-0.3, -0.25) is 0 Å². The summed E-state index contributed by atoms with van der Waals surface area (Å²) < 4.78 is 36.8. The maximum Gasteiger partial charge on any atom is 0.415 e. The number of aliphatic hydroxyl groups excluding tert-OH is 1. The number of halogens is 3. The molecule has 0 aromatic carbocycles. The minimum Gasteiger partial charge on any atom is -0.512 e. The molecule has 1 N–H and O–H groups in total. The third kappa shape index (κ3) is 17.1. The predicted octanol–water partition coefficient (Wildman–Crippen LogP) is 7.21. The molecule has 0 aliphatic carbocycles. The molecule has 0 fully saturated rings. The van der Waals surface area contributed by atoms with Crippen molar-refractivity contribution in [3.63, 3.8) is 0 Å². The van der Waals surface area contributed by atoms with E-state index in [1.807, 2.05) is 41.5 Å². The van der Waals surface area contributed by atoms with E-state index in [-0.39, 0.29) is 12.8 Å². The van der Waals surface area contributed by atoms with Crippen molar-refractivity contribution in [2.45, 2.75) is 81.3 Å². The molecule has 0 saturated heterocycles. The standard InChI is InChI=1S/C10H15F3O.3C2H6/c1-4-8(10(11,12)13)9(14)6-5-7(2)3;3*1-2/h5,14H,4,6H2,1-3H3;3*1-2H3/b9-8-;;;. The van der Waals surface area contributed by atoms with Gasteiger partial charge in [-0.05, 0) is 20.3 Å². The van der Waals surface area contributed by atoms with E-state index in [1.165, 1.54) is 6.92 Å². The summed E-state index contributed by atoms with van der Waals surface area (Å²) in [6, 6.07) is 0. The Bertz CT molecular complexity index is 247. The lowest BCUT2D eigenvalue weighted by Crippen LogP contribution is -2.13. The first-order valence-corrected chi connectivity index (χ1v) is 7.40. The van der Waals surface area contributed by atoms with Crippen LogP contribution in [0.2, 0.25) is 0 Å². The Hall–Kier alpha value is -0.930. The lowest BCUT2D eigenvalue weighted by molar-refractivity contribution is -0.0965. The smallest absolute Gasteiger partial charge is 0.415 e. The van der Waals surface area contributed by atoms with Crippen LogP contribution in [0.4, 0.5) is 13.2 Å². The first-order valence-electron chi connectivity index (χ1n) is 7.40. The Labute approximate surface area is 123 Å². The van der Waals surface area contributed by atoms with Crippen LogP contribution in [0.25, 0.3) is 0 Å². The molecular formula is C16H33F3O. The summed E-state index contributed by atoms with van der Waals surface area (Å²) in [4.78, 5) is 0. The Balaban J connectivity index is -0.000000187. The zero-order chi connectivity index (χ0) is 17.4. The zero-order valence-electron chi connectivity index (χ0n) is 14.6. The summed E-state index contributed by atoms with van der Waals surface area (Å²) in [7, 11) is 0. The number of allylic oxidation sites excluding steroid dienone is 3. The highest BCUT2D eigenvalue weighted by molar-refractivity contribution is 5.16. The molecule has 4 heteroatoms. The van der Waals surface area contributed by atoms with Crippen molar-refractivity contribution in [1.82, 2.24) is 0 Å². The van der Waals surface area contributed by atoms with Gasteiger partial charge in [0, 0.05) is 6.42 Å². The lowest BCUT2D eigenvalue weighted by Gasteiger charge is -2.11. The molecular weight excluding hydrogens is 265 g/mol. The molecule has 0 spiro atoms. The first-order chi connectivity index (χ1) is 9.29. The van der Waals surface area contributed by atoms with Crippen LogP contribution in [-0.4, -0.2) is 11.3 Å². The summed E-state index contributed by atoms with van der Waals surface area (Å²) >= 11 is 0. The minimum absolute atomic E-state index is 0.0506. The molecule has 0 aliphatic heterocycles. The van der Waals surface area contributed by atoms with Gasteiger partial charge in [0.15, 0.2) is 0 Å². The minimum atomic E-state index is -4.42. The van der Waals surface area contributed by atoms with Crippen molar-refractivity contribution in [1.29, 1.82) is 0 Å². The van der Waals surface area contributed by atoms with Crippen LogP contribution >= 0.6 is 0 Å². The van der Waals surface area contributed by atoms with E-state index in [2.05, 4.69) is 0 Å². The van der Waals surface area contributed by atoms with Gasteiger partial charge in [-0.1, -0.05) is 60.1 Å². The fraction of sp³-hybridized carbons (Fsp3) is 0.750. The van der Waals surface area contributed by atoms with Gasteiger partial charge in [-0.15, -0.1) is 0 Å². The van der Waals surface area contributed by atoms with Crippen molar-refractivity contribution < 1.29 is 18.3 Å². The van der Waals surface area contributed by atoms with E-state index in [9.17, 15) is 18.3 Å². The van der Waals surface area contributed by atoms with Gasteiger partial charge in [-0.25, -0.2) is 0 Å². The van der Waals surface area contributed by atoms with Crippen LogP contribution in [0.15, 0.2) is 23.0 Å². The third-order valence-corrected chi connectivity index (χ3v) is 1.75. The number of alkyl halides is 3.